The molecule has 2 heterocycles. The average Bonchev–Trinajstić information content (AvgIpc) is 3.21. The number of aromatic nitrogens is 4. The highest BCUT2D eigenvalue weighted by molar-refractivity contribution is 6.30. The molecule has 0 aliphatic carbocycles. The number of halogens is 1. The van der Waals surface area contributed by atoms with Crippen LogP contribution < -0.4 is 15.6 Å². The summed E-state index contributed by atoms with van der Waals surface area (Å²) < 4.78 is 8.74. The lowest BCUT2D eigenvalue weighted by Gasteiger charge is -2.10. The molecule has 4 rings (SSSR count). The van der Waals surface area contributed by atoms with E-state index in [0.29, 0.717) is 41.3 Å². The molecule has 1 amide bonds. The summed E-state index contributed by atoms with van der Waals surface area (Å²) in [6.45, 7) is 5.01. The molecule has 2 aromatic carbocycles. The molecule has 0 saturated carbocycles. The van der Waals surface area contributed by atoms with E-state index in [1.165, 1.54) is 17.1 Å². The normalized spacial score (nSPS) is 11.2. The van der Waals surface area contributed by atoms with E-state index in [-0.39, 0.29) is 17.6 Å². The van der Waals surface area contributed by atoms with Gasteiger partial charge in [-0.05, 0) is 55.8 Å². The summed E-state index contributed by atoms with van der Waals surface area (Å²) in [7, 11) is 0. The third-order valence-electron chi connectivity index (χ3n) is 4.99. The number of benzene rings is 2. The maximum atomic E-state index is 12.8. The number of ether oxygens (including phenoxy) is 1. The topological polar surface area (TPSA) is 91.0 Å². The molecule has 0 bridgehead atoms. The van der Waals surface area contributed by atoms with E-state index in [2.05, 4.69) is 15.4 Å². The van der Waals surface area contributed by atoms with Crippen LogP contribution in [-0.4, -0.2) is 37.9 Å². The highest BCUT2D eigenvalue weighted by atomic mass is 35.5. The molecule has 0 fully saturated rings. The zero-order valence-corrected chi connectivity index (χ0v) is 19.1. The predicted octanol–water partition coefficient (Wildman–Crippen LogP) is 3.51. The molecular weight excluding hydrogens is 442 g/mol. The molecule has 0 unspecified atom stereocenters. The van der Waals surface area contributed by atoms with Crippen LogP contribution in [0, 0.1) is 0 Å². The fraction of sp³-hybridized carbons (Fsp3) is 0.250. The van der Waals surface area contributed by atoms with Gasteiger partial charge in [0.2, 0.25) is 0 Å². The monoisotopic (exact) mass is 465 g/mol. The highest BCUT2D eigenvalue weighted by Crippen LogP contribution is 2.14. The van der Waals surface area contributed by atoms with Gasteiger partial charge in [0.25, 0.3) is 11.5 Å². The Morgan fingerprint density at radius 2 is 1.85 bits per heavy atom. The largest absolute Gasteiger partial charge is 0.491 e. The number of amides is 1. The Kier molecular flexibility index (Phi) is 6.74. The fourth-order valence-electron chi connectivity index (χ4n) is 3.39. The fourth-order valence-corrected chi connectivity index (χ4v) is 3.52. The van der Waals surface area contributed by atoms with E-state index < -0.39 is 0 Å². The van der Waals surface area contributed by atoms with Crippen molar-refractivity contribution < 1.29 is 9.53 Å². The van der Waals surface area contributed by atoms with E-state index in [1.807, 2.05) is 26.0 Å². The van der Waals surface area contributed by atoms with Gasteiger partial charge in [0.15, 0.2) is 5.65 Å². The van der Waals surface area contributed by atoms with Gasteiger partial charge in [-0.25, -0.2) is 9.67 Å². The molecular formula is C24H24ClN5O3. The van der Waals surface area contributed by atoms with Crippen molar-refractivity contribution >= 4 is 28.5 Å². The Hall–Kier alpha value is -3.65. The van der Waals surface area contributed by atoms with Crippen LogP contribution >= 0.6 is 11.6 Å². The van der Waals surface area contributed by atoms with Crippen molar-refractivity contribution in [1.82, 2.24) is 24.6 Å². The predicted molar refractivity (Wildman–Crippen MR) is 127 cm³/mol. The van der Waals surface area contributed by atoms with Gasteiger partial charge in [0.05, 0.1) is 25.4 Å². The van der Waals surface area contributed by atoms with Crippen molar-refractivity contribution in [2.24, 2.45) is 0 Å². The van der Waals surface area contributed by atoms with Gasteiger partial charge in [0.1, 0.15) is 17.5 Å². The summed E-state index contributed by atoms with van der Waals surface area (Å²) in [6.07, 6.45) is 3.10. The number of rotatable bonds is 8. The van der Waals surface area contributed by atoms with E-state index in [4.69, 9.17) is 16.3 Å². The van der Waals surface area contributed by atoms with Crippen LogP contribution in [0.1, 0.15) is 29.8 Å². The average molecular weight is 466 g/mol. The van der Waals surface area contributed by atoms with E-state index >= 15 is 0 Å². The molecule has 0 saturated heterocycles. The van der Waals surface area contributed by atoms with Gasteiger partial charge >= 0.3 is 0 Å². The summed E-state index contributed by atoms with van der Waals surface area (Å²) >= 11 is 5.92. The van der Waals surface area contributed by atoms with Crippen LogP contribution in [0.15, 0.2) is 65.8 Å². The zero-order chi connectivity index (χ0) is 23.4. The summed E-state index contributed by atoms with van der Waals surface area (Å²) in [5.74, 6) is 0.526. The van der Waals surface area contributed by atoms with E-state index in [9.17, 15) is 9.59 Å². The summed E-state index contributed by atoms with van der Waals surface area (Å²) in [6, 6.07) is 14.3. The number of carbonyl (C=O) groups excluding carboxylic acids is 1. The van der Waals surface area contributed by atoms with Crippen LogP contribution in [0.3, 0.4) is 0 Å². The second-order valence-corrected chi connectivity index (χ2v) is 8.29. The lowest BCUT2D eigenvalue weighted by molar-refractivity contribution is 0.0952. The number of nitrogens with one attached hydrogen (secondary N) is 1. The van der Waals surface area contributed by atoms with Gasteiger partial charge < -0.3 is 10.1 Å². The van der Waals surface area contributed by atoms with Crippen LogP contribution in [0.5, 0.6) is 5.75 Å². The maximum Gasteiger partial charge on any atom is 0.264 e. The standard InChI is InChI=1S/C24H24ClN5O3/c1-16(2)33-20-9-5-18(6-10-20)23(31)26-11-12-30-22-21(13-28-30)24(32)29(15-27-22)14-17-3-7-19(25)8-4-17/h3-10,13,15-16H,11-12,14H2,1-2H3,(H,26,31). The maximum absolute atomic E-state index is 12.8. The summed E-state index contributed by atoms with van der Waals surface area (Å²) in [5, 5.41) is 8.22. The Bertz CT molecular complexity index is 1310. The van der Waals surface area contributed by atoms with Crippen LogP contribution in [-0.2, 0) is 13.1 Å². The molecule has 4 aromatic rings. The van der Waals surface area contributed by atoms with Crippen molar-refractivity contribution in [3.8, 4) is 5.75 Å². The third kappa shape index (κ3) is 5.40. The van der Waals surface area contributed by atoms with Crippen LogP contribution in [0.4, 0.5) is 0 Å². The lowest BCUT2D eigenvalue weighted by Crippen LogP contribution is -2.27. The first kappa shape index (κ1) is 22.5. The second kappa shape index (κ2) is 9.87. The molecule has 0 aliphatic heterocycles. The van der Waals surface area contributed by atoms with Gasteiger partial charge in [-0.3, -0.25) is 14.2 Å². The van der Waals surface area contributed by atoms with E-state index in [1.54, 1.807) is 41.1 Å². The van der Waals surface area contributed by atoms with Crippen LogP contribution in [0.25, 0.3) is 11.0 Å². The van der Waals surface area contributed by atoms with E-state index in [0.717, 1.165) is 11.3 Å². The van der Waals surface area contributed by atoms with Crippen molar-refractivity contribution in [2.75, 3.05) is 6.54 Å². The van der Waals surface area contributed by atoms with Crippen molar-refractivity contribution in [3.05, 3.63) is 87.6 Å². The van der Waals surface area contributed by atoms with Gasteiger partial charge in [-0.15, -0.1) is 0 Å². The molecule has 0 aliphatic rings. The summed E-state index contributed by atoms with van der Waals surface area (Å²) in [4.78, 5) is 29.7. The minimum atomic E-state index is -0.194. The first-order valence-electron chi connectivity index (χ1n) is 10.6. The number of hydrogen-bond acceptors (Lipinski definition) is 5. The first-order valence-corrected chi connectivity index (χ1v) is 11.0. The molecule has 9 heteroatoms. The molecule has 33 heavy (non-hydrogen) atoms. The minimum absolute atomic E-state index is 0.0729. The van der Waals surface area contributed by atoms with Crippen molar-refractivity contribution in [3.63, 3.8) is 0 Å². The number of nitrogens with zero attached hydrogens (tertiary/aromatic N) is 4. The zero-order valence-electron chi connectivity index (χ0n) is 18.4. The molecule has 0 spiro atoms. The lowest BCUT2D eigenvalue weighted by atomic mass is 10.2. The summed E-state index contributed by atoms with van der Waals surface area (Å²) in [5.41, 5.74) is 1.80. The Balaban J connectivity index is 1.39. The molecule has 1 N–H and O–H groups in total. The number of carbonyl (C=O) groups is 1. The number of hydrogen-bond donors (Lipinski definition) is 1. The second-order valence-electron chi connectivity index (χ2n) is 7.86. The Morgan fingerprint density at radius 3 is 2.55 bits per heavy atom. The van der Waals surface area contributed by atoms with Crippen LogP contribution in [0.2, 0.25) is 5.02 Å². The molecule has 0 atom stereocenters. The highest BCUT2D eigenvalue weighted by Gasteiger charge is 2.11. The Morgan fingerprint density at radius 1 is 1.12 bits per heavy atom. The minimum Gasteiger partial charge on any atom is -0.491 e. The smallest absolute Gasteiger partial charge is 0.264 e. The number of fused-ring (bicyclic) bond motifs is 1. The van der Waals surface area contributed by atoms with Crippen molar-refractivity contribution in [2.45, 2.75) is 33.0 Å². The van der Waals surface area contributed by atoms with Gasteiger partial charge in [0, 0.05) is 17.1 Å². The molecule has 8 nitrogen and oxygen atoms in total. The molecule has 0 radical (unpaired) electrons. The van der Waals surface area contributed by atoms with Gasteiger partial charge in [-0.2, -0.15) is 5.10 Å². The third-order valence-corrected chi connectivity index (χ3v) is 5.24. The molecule has 2 aromatic heterocycles. The Labute approximate surface area is 195 Å². The first-order chi connectivity index (χ1) is 15.9. The van der Waals surface area contributed by atoms with Crippen molar-refractivity contribution in [1.29, 1.82) is 0 Å². The molecule has 170 valence electrons. The quantitative estimate of drug-likeness (QED) is 0.430. The SMILES string of the molecule is CC(C)Oc1ccc(C(=O)NCCn2ncc3c(=O)n(Cc4ccc(Cl)cc4)cnc32)cc1. The van der Waals surface area contributed by atoms with Gasteiger partial charge in [-0.1, -0.05) is 23.7 Å².